The van der Waals surface area contributed by atoms with Gasteiger partial charge in [0.15, 0.2) is 0 Å². The number of halogens is 5. The van der Waals surface area contributed by atoms with Gasteiger partial charge in [-0.3, -0.25) is 4.55 Å². The molecule has 1 aromatic rings. The molecule has 102 valence electrons. The zero-order valence-electron chi connectivity index (χ0n) is 10.3. The second-order valence-electron chi connectivity index (χ2n) is 2.93. The molecule has 0 fully saturated rings. The third kappa shape index (κ3) is 14.0. The first-order valence-corrected chi connectivity index (χ1v) is 8.87. The monoisotopic (exact) mass is 350 g/mol. The van der Waals surface area contributed by atoms with Gasteiger partial charge in [-0.2, -0.15) is 8.42 Å². The minimum atomic E-state index is -8.99. The normalized spacial score (nSPS) is 13.4. The first-order valence-electron chi connectivity index (χ1n) is 3.89. The summed E-state index contributed by atoms with van der Waals surface area (Å²) in [6, 6.07) is 6.10. The SMILES string of the molecule is Cc1cccc(S(=O)(=O)O)c1.F[As](F)(F)(F)F.[H-].[Li+]. The number of aryl methyl sites for hydroxylation is 1. The minimum absolute atomic E-state index is 0. The molecule has 0 saturated heterocycles. The van der Waals surface area contributed by atoms with Gasteiger partial charge in [-0.1, -0.05) is 12.1 Å². The maximum atomic E-state index is 10.5. The summed E-state index contributed by atoms with van der Waals surface area (Å²) >= 11 is -8.99. The van der Waals surface area contributed by atoms with Crippen LogP contribution >= 0.6 is 0 Å². The van der Waals surface area contributed by atoms with Crippen LogP contribution in [0.3, 0.4) is 0 Å². The summed E-state index contributed by atoms with van der Waals surface area (Å²) < 4.78 is 79.1. The Morgan fingerprint density at radius 1 is 1.17 bits per heavy atom. The van der Waals surface area contributed by atoms with Gasteiger partial charge in [-0.15, -0.1) is 0 Å². The molecule has 18 heavy (non-hydrogen) atoms. The van der Waals surface area contributed by atoms with Crippen molar-refractivity contribution in [3.63, 3.8) is 0 Å². The molecule has 11 heteroatoms. The van der Waals surface area contributed by atoms with Crippen molar-refractivity contribution in [1.82, 2.24) is 0 Å². The predicted octanol–water partition coefficient (Wildman–Crippen LogP) is 0.0784. The standard InChI is InChI=1S/C7H8O3S.AsF5.Li.H/c1-6-3-2-4-7(5-6)11(8,9)10;2-1(3,4,5)6;;/h2-5H,1H3,(H,8,9,10);;;/q;;+1;-1. The first-order chi connectivity index (χ1) is 7.24. The Labute approximate surface area is 117 Å². The number of hydrogen-bond donors (Lipinski definition) is 1. The summed E-state index contributed by atoms with van der Waals surface area (Å²) in [6.45, 7) is 1.76. The molecule has 0 aliphatic carbocycles. The summed E-state index contributed by atoms with van der Waals surface area (Å²) in [6.07, 6.45) is 0. The summed E-state index contributed by atoms with van der Waals surface area (Å²) in [5.41, 5.74) is 0.806. The summed E-state index contributed by atoms with van der Waals surface area (Å²) in [7, 11) is -4.03. The van der Waals surface area contributed by atoms with Gasteiger partial charge in [0.25, 0.3) is 10.1 Å². The fourth-order valence-corrected chi connectivity index (χ4v) is 1.36. The molecule has 0 amide bonds. The van der Waals surface area contributed by atoms with Gasteiger partial charge in [-0.05, 0) is 24.6 Å². The van der Waals surface area contributed by atoms with Crippen molar-refractivity contribution >= 4 is 24.9 Å². The summed E-state index contributed by atoms with van der Waals surface area (Å²) in [5.74, 6) is 0. The van der Waals surface area contributed by atoms with Gasteiger partial charge in [0.2, 0.25) is 0 Å². The van der Waals surface area contributed by atoms with Crippen molar-refractivity contribution in [2.75, 3.05) is 0 Å². The van der Waals surface area contributed by atoms with Crippen LogP contribution in [0.25, 0.3) is 0 Å². The fraction of sp³-hybridized carbons (Fsp3) is 0.143. The van der Waals surface area contributed by atoms with Crippen molar-refractivity contribution in [3.8, 4) is 0 Å². The number of rotatable bonds is 1. The molecule has 0 unspecified atom stereocenters. The van der Waals surface area contributed by atoms with Crippen LogP contribution in [0.4, 0.5) is 17.3 Å². The summed E-state index contributed by atoms with van der Waals surface area (Å²) in [4.78, 5) is -0.0579. The average Bonchev–Trinajstić information content (AvgIpc) is 1.97. The van der Waals surface area contributed by atoms with Crippen LogP contribution < -0.4 is 18.9 Å². The Hall–Kier alpha value is -0.0642. The van der Waals surface area contributed by atoms with E-state index < -0.39 is 24.9 Å². The van der Waals surface area contributed by atoms with Crippen LogP contribution in [-0.2, 0) is 10.1 Å². The maximum absolute atomic E-state index is 10.5. The molecule has 3 nitrogen and oxygen atoms in total. The minimum Gasteiger partial charge on any atom is -1.00 e. The molecular formula is C7H9AsF5LiO3S. The molecule has 0 atom stereocenters. The topological polar surface area (TPSA) is 54.4 Å². The molecule has 0 saturated carbocycles. The Balaban J connectivity index is -0.000000282. The fourth-order valence-electron chi connectivity index (χ4n) is 0.776. The smallest absolute Gasteiger partial charge is 1.00 e. The molecule has 0 aromatic heterocycles. The van der Waals surface area contributed by atoms with Gasteiger partial charge >= 0.3 is 51.0 Å². The third-order valence-corrected chi connectivity index (χ3v) is 2.14. The second kappa shape index (κ2) is 6.39. The molecule has 0 aliphatic rings. The van der Waals surface area contributed by atoms with Gasteiger partial charge < -0.3 is 1.43 Å². The van der Waals surface area contributed by atoms with Crippen LogP contribution in [-0.4, -0.2) is 27.8 Å². The molecule has 0 heterocycles. The predicted molar refractivity (Wildman–Crippen MR) is 53.4 cm³/mol. The van der Waals surface area contributed by atoms with Crippen molar-refractivity contribution < 1.29 is 50.6 Å². The van der Waals surface area contributed by atoms with Crippen LogP contribution in [0.2, 0.25) is 0 Å². The van der Waals surface area contributed by atoms with E-state index in [0.29, 0.717) is 0 Å². The molecule has 0 radical (unpaired) electrons. The van der Waals surface area contributed by atoms with E-state index in [1.54, 1.807) is 19.1 Å². The van der Waals surface area contributed by atoms with Crippen LogP contribution in [0.5, 0.6) is 0 Å². The Morgan fingerprint density at radius 3 is 1.78 bits per heavy atom. The molecule has 1 rings (SSSR count). The summed E-state index contributed by atoms with van der Waals surface area (Å²) in [5, 5.41) is 0. The second-order valence-corrected chi connectivity index (χ2v) is 7.03. The zero-order valence-corrected chi connectivity index (χ0v) is 12.0. The Morgan fingerprint density at radius 2 is 1.56 bits per heavy atom. The molecule has 1 aromatic carbocycles. The van der Waals surface area contributed by atoms with E-state index in [0.717, 1.165) is 5.56 Å². The Kier molecular flexibility index (Phi) is 7.20. The van der Waals surface area contributed by atoms with E-state index in [9.17, 15) is 25.8 Å². The van der Waals surface area contributed by atoms with E-state index in [-0.39, 0.29) is 25.2 Å². The Bertz CT molecular complexity index is 488. The van der Waals surface area contributed by atoms with Gasteiger partial charge in [0, 0.05) is 0 Å². The van der Waals surface area contributed by atoms with Crippen molar-refractivity contribution in [2.24, 2.45) is 0 Å². The molecule has 0 bridgehead atoms. The quantitative estimate of drug-likeness (QED) is 0.444. The number of hydrogen-bond acceptors (Lipinski definition) is 2. The van der Waals surface area contributed by atoms with Crippen molar-refractivity contribution in [2.45, 2.75) is 11.8 Å². The molecule has 1 N–H and O–H groups in total. The average molecular weight is 350 g/mol. The molecular weight excluding hydrogens is 341 g/mol. The van der Waals surface area contributed by atoms with Gasteiger partial charge in [0.1, 0.15) is 0 Å². The van der Waals surface area contributed by atoms with E-state index in [4.69, 9.17) is 4.55 Å². The number of benzene rings is 1. The van der Waals surface area contributed by atoms with E-state index in [1.807, 2.05) is 0 Å². The largest absolute Gasteiger partial charge is 1.00 e. The van der Waals surface area contributed by atoms with E-state index in [2.05, 4.69) is 0 Å². The van der Waals surface area contributed by atoms with Crippen molar-refractivity contribution in [1.29, 1.82) is 0 Å². The van der Waals surface area contributed by atoms with Crippen LogP contribution in [0.15, 0.2) is 29.2 Å². The van der Waals surface area contributed by atoms with Gasteiger partial charge in [-0.25, -0.2) is 0 Å². The van der Waals surface area contributed by atoms with E-state index >= 15 is 0 Å². The first kappa shape index (κ1) is 20.3. The maximum Gasteiger partial charge on any atom is 1.00 e. The molecule has 0 aliphatic heterocycles. The van der Waals surface area contributed by atoms with Crippen LogP contribution in [0, 0.1) is 6.92 Å². The van der Waals surface area contributed by atoms with E-state index in [1.165, 1.54) is 12.1 Å². The van der Waals surface area contributed by atoms with Crippen LogP contribution in [0.1, 0.15) is 6.99 Å². The molecule has 0 spiro atoms. The van der Waals surface area contributed by atoms with Crippen molar-refractivity contribution in [3.05, 3.63) is 29.8 Å². The zero-order chi connectivity index (χ0) is 13.9. The third-order valence-electron chi connectivity index (χ3n) is 1.29. The van der Waals surface area contributed by atoms with Gasteiger partial charge in [0.05, 0.1) is 4.90 Å².